The SMILES string of the molecule is Cc1cccc(C(O)CNC(=NCc2ccccc2)N(C)C)c1.I. The Morgan fingerprint density at radius 1 is 1.12 bits per heavy atom. The number of nitrogens with zero attached hydrogens (tertiary/aromatic N) is 2. The fraction of sp³-hybridized carbons (Fsp3) is 0.316. The van der Waals surface area contributed by atoms with Gasteiger partial charge in [-0.1, -0.05) is 60.2 Å². The van der Waals surface area contributed by atoms with Crippen LogP contribution in [0.2, 0.25) is 0 Å². The lowest BCUT2D eigenvalue weighted by Crippen LogP contribution is -2.38. The van der Waals surface area contributed by atoms with E-state index in [-0.39, 0.29) is 24.0 Å². The first-order valence-corrected chi connectivity index (χ1v) is 7.80. The van der Waals surface area contributed by atoms with E-state index in [0.717, 1.165) is 22.6 Å². The number of guanidine groups is 1. The van der Waals surface area contributed by atoms with Gasteiger partial charge in [-0.05, 0) is 18.1 Å². The Morgan fingerprint density at radius 3 is 2.46 bits per heavy atom. The molecule has 0 heterocycles. The second-order valence-corrected chi connectivity index (χ2v) is 5.83. The number of rotatable bonds is 5. The molecule has 0 bridgehead atoms. The number of halogens is 1. The Bertz CT molecular complexity index is 644. The Labute approximate surface area is 161 Å². The van der Waals surface area contributed by atoms with Crippen LogP contribution >= 0.6 is 24.0 Å². The first-order chi connectivity index (χ1) is 11.1. The van der Waals surface area contributed by atoms with Crippen LogP contribution in [0.3, 0.4) is 0 Å². The molecule has 2 rings (SSSR count). The van der Waals surface area contributed by atoms with Crippen LogP contribution in [0.5, 0.6) is 0 Å². The van der Waals surface area contributed by atoms with E-state index in [9.17, 15) is 5.11 Å². The molecule has 1 unspecified atom stereocenters. The van der Waals surface area contributed by atoms with Gasteiger partial charge in [0, 0.05) is 20.6 Å². The quantitative estimate of drug-likeness (QED) is 0.427. The highest BCUT2D eigenvalue weighted by Gasteiger charge is 2.09. The lowest BCUT2D eigenvalue weighted by atomic mass is 10.1. The molecule has 130 valence electrons. The van der Waals surface area contributed by atoms with Gasteiger partial charge in [0.15, 0.2) is 5.96 Å². The third-order valence-electron chi connectivity index (χ3n) is 3.56. The normalized spacial score (nSPS) is 12.2. The average Bonchev–Trinajstić information content (AvgIpc) is 2.55. The Balaban J connectivity index is 0.00000288. The first-order valence-electron chi connectivity index (χ1n) is 7.80. The zero-order chi connectivity index (χ0) is 16.7. The second-order valence-electron chi connectivity index (χ2n) is 5.83. The van der Waals surface area contributed by atoms with E-state index < -0.39 is 6.10 Å². The number of aliphatic hydroxyl groups excluding tert-OH is 1. The van der Waals surface area contributed by atoms with Crippen LogP contribution in [0.25, 0.3) is 0 Å². The fourth-order valence-corrected chi connectivity index (χ4v) is 2.29. The molecule has 2 aromatic rings. The summed E-state index contributed by atoms with van der Waals surface area (Å²) in [4.78, 5) is 6.52. The first kappa shape index (κ1) is 20.4. The third kappa shape index (κ3) is 6.49. The van der Waals surface area contributed by atoms with Crippen LogP contribution in [-0.4, -0.2) is 36.6 Å². The number of aryl methyl sites for hydroxylation is 1. The molecule has 4 nitrogen and oxygen atoms in total. The van der Waals surface area contributed by atoms with E-state index in [4.69, 9.17) is 0 Å². The maximum Gasteiger partial charge on any atom is 0.193 e. The standard InChI is InChI=1S/C19H25N3O.HI/c1-15-8-7-11-17(12-15)18(23)14-21-19(22(2)3)20-13-16-9-5-4-6-10-16;/h4-12,18,23H,13-14H2,1-3H3,(H,20,21);1H. The zero-order valence-electron chi connectivity index (χ0n) is 14.4. The van der Waals surface area contributed by atoms with E-state index in [1.54, 1.807) is 0 Å². The van der Waals surface area contributed by atoms with Crippen molar-refractivity contribution in [1.29, 1.82) is 0 Å². The highest BCUT2D eigenvalue weighted by molar-refractivity contribution is 14.0. The van der Waals surface area contributed by atoms with Crippen molar-refractivity contribution in [1.82, 2.24) is 10.2 Å². The topological polar surface area (TPSA) is 47.9 Å². The van der Waals surface area contributed by atoms with Gasteiger partial charge in [-0.25, -0.2) is 4.99 Å². The molecule has 0 amide bonds. The van der Waals surface area contributed by atoms with Crippen molar-refractivity contribution in [2.45, 2.75) is 19.6 Å². The minimum atomic E-state index is -0.559. The lowest BCUT2D eigenvalue weighted by Gasteiger charge is -2.20. The van der Waals surface area contributed by atoms with Gasteiger partial charge in [0.05, 0.1) is 12.6 Å². The van der Waals surface area contributed by atoms with Crippen LogP contribution in [0.4, 0.5) is 0 Å². The number of benzene rings is 2. The van der Waals surface area contributed by atoms with E-state index in [0.29, 0.717) is 13.1 Å². The van der Waals surface area contributed by atoms with Crippen molar-refractivity contribution < 1.29 is 5.11 Å². The van der Waals surface area contributed by atoms with E-state index in [2.05, 4.69) is 22.4 Å². The van der Waals surface area contributed by atoms with Crippen LogP contribution in [0, 0.1) is 6.92 Å². The van der Waals surface area contributed by atoms with Crippen LogP contribution in [0.1, 0.15) is 22.8 Å². The fourth-order valence-electron chi connectivity index (χ4n) is 2.29. The molecular formula is C19H26IN3O. The van der Waals surface area contributed by atoms with E-state index >= 15 is 0 Å². The predicted octanol–water partition coefficient (Wildman–Crippen LogP) is 3.35. The molecule has 1 atom stereocenters. The summed E-state index contributed by atoms with van der Waals surface area (Å²) >= 11 is 0. The smallest absolute Gasteiger partial charge is 0.193 e. The van der Waals surface area contributed by atoms with Gasteiger partial charge in [0.1, 0.15) is 0 Å². The summed E-state index contributed by atoms with van der Waals surface area (Å²) in [6.45, 7) is 3.06. The molecule has 0 aromatic heterocycles. The third-order valence-corrected chi connectivity index (χ3v) is 3.56. The Morgan fingerprint density at radius 2 is 1.83 bits per heavy atom. The van der Waals surface area contributed by atoms with Crippen molar-refractivity contribution >= 4 is 29.9 Å². The van der Waals surface area contributed by atoms with Gasteiger partial charge in [-0.15, -0.1) is 24.0 Å². The Kier molecular flexibility index (Phi) is 8.78. The molecule has 0 aliphatic heterocycles. The number of hydrogen-bond donors (Lipinski definition) is 2. The predicted molar refractivity (Wildman–Crippen MR) is 111 cm³/mol. The average molecular weight is 439 g/mol. The maximum absolute atomic E-state index is 10.3. The van der Waals surface area contributed by atoms with Crippen molar-refractivity contribution in [2.75, 3.05) is 20.6 Å². The summed E-state index contributed by atoms with van der Waals surface area (Å²) in [5.41, 5.74) is 3.22. The maximum atomic E-state index is 10.3. The van der Waals surface area contributed by atoms with Gasteiger partial charge in [-0.2, -0.15) is 0 Å². The molecule has 24 heavy (non-hydrogen) atoms. The summed E-state index contributed by atoms with van der Waals surface area (Å²) in [6.07, 6.45) is -0.559. The van der Waals surface area contributed by atoms with E-state index in [1.807, 2.05) is 68.4 Å². The number of aliphatic imine (C=N–C) groups is 1. The summed E-state index contributed by atoms with van der Waals surface area (Å²) in [7, 11) is 3.88. The van der Waals surface area contributed by atoms with Crippen LogP contribution in [0.15, 0.2) is 59.6 Å². The number of nitrogens with one attached hydrogen (secondary N) is 1. The second kappa shape index (κ2) is 10.3. The summed E-state index contributed by atoms with van der Waals surface area (Å²) in [5, 5.41) is 13.6. The molecule has 5 heteroatoms. The lowest BCUT2D eigenvalue weighted by molar-refractivity contribution is 0.180. The molecule has 0 fully saturated rings. The highest BCUT2D eigenvalue weighted by atomic mass is 127. The molecular weight excluding hydrogens is 413 g/mol. The van der Waals surface area contributed by atoms with Gasteiger partial charge < -0.3 is 15.3 Å². The van der Waals surface area contributed by atoms with Gasteiger partial charge >= 0.3 is 0 Å². The van der Waals surface area contributed by atoms with Crippen LogP contribution < -0.4 is 5.32 Å². The van der Waals surface area contributed by atoms with Gasteiger partial charge in [0.25, 0.3) is 0 Å². The van der Waals surface area contributed by atoms with Gasteiger partial charge in [-0.3, -0.25) is 0 Å². The molecule has 2 aromatic carbocycles. The largest absolute Gasteiger partial charge is 0.387 e. The molecule has 0 aliphatic rings. The minimum absolute atomic E-state index is 0. The number of aliphatic hydroxyl groups is 1. The van der Waals surface area contributed by atoms with Crippen molar-refractivity contribution in [3.8, 4) is 0 Å². The van der Waals surface area contributed by atoms with Crippen LogP contribution in [-0.2, 0) is 6.54 Å². The van der Waals surface area contributed by atoms with E-state index in [1.165, 1.54) is 0 Å². The molecule has 0 saturated heterocycles. The van der Waals surface area contributed by atoms with Crippen molar-refractivity contribution in [2.24, 2.45) is 4.99 Å². The molecule has 0 saturated carbocycles. The zero-order valence-corrected chi connectivity index (χ0v) is 16.8. The number of hydrogen-bond acceptors (Lipinski definition) is 2. The van der Waals surface area contributed by atoms with Crippen molar-refractivity contribution in [3.63, 3.8) is 0 Å². The molecule has 0 aliphatic carbocycles. The molecule has 2 N–H and O–H groups in total. The summed E-state index contributed by atoms with van der Waals surface area (Å²) in [6, 6.07) is 18.1. The highest BCUT2D eigenvalue weighted by Crippen LogP contribution is 2.13. The monoisotopic (exact) mass is 439 g/mol. The molecule has 0 spiro atoms. The van der Waals surface area contributed by atoms with Crippen molar-refractivity contribution in [3.05, 3.63) is 71.3 Å². The summed E-state index contributed by atoms with van der Waals surface area (Å²) in [5.74, 6) is 0.764. The summed E-state index contributed by atoms with van der Waals surface area (Å²) < 4.78 is 0. The molecule has 0 radical (unpaired) electrons. The van der Waals surface area contributed by atoms with Gasteiger partial charge in [0.2, 0.25) is 0 Å². The Hall–Kier alpha value is -1.60. The minimum Gasteiger partial charge on any atom is -0.387 e.